The van der Waals surface area contributed by atoms with Gasteiger partial charge >= 0.3 is 0 Å². The number of hydrogen-bond donors (Lipinski definition) is 4. The van der Waals surface area contributed by atoms with Gasteiger partial charge in [-0.05, 0) is 43.0 Å². The van der Waals surface area contributed by atoms with E-state index in [4.69, 9.17) is 9.70 Å². The normalized spacial score (nSPS) is 14.9. The van der Waals surface area contributed by atoms with E-state index in [1.54, 1.807) is 19.2 Å². The number of anilines is 4. The molecule has 0 unspecified atom stereocenters. The predicted molar refractivity (Wildman–Crippen MR) is 141 cm³/mol. The molecule has 0 saturated carbocycles. The molecule has 0 spiro atoms. The number of hydrogen-bond acceptors (Lipinski definition) is 8. The van der Waals surface area contributed by atoms with Crippen LogP contribution in [0, 0.1) is 23.7 Å². The monoisotopic (exact) mass is 488 g/mol. The summed E-state index contributed by atoms with van der Waals surface area (Å²) in [5.74, 6) is 1.27. The van der Waals surface area contributed by atoms with Gasteiger partial charge in [0.15, 0.2) is 11.6 Å². The highest BCUT2D eigenvalue weighted by Crippen LogP contribution is 2.31. The molecule has 4 N–H and O–H groups in total. The largest absolute Gasteiger partial charge is 0.358 e. The van der Waals surface area contributed by atoms with Crippen molar-refractivity contribution < 1.29 is 9.51 Å². The molecule has 1 aliphatic heterocycles. The second kappa shape index (κ2) is 12.3. The number of rotatable bonds is 7. The minimum absolute atomic E-state index is 0. The number of nitrogens with zero attached hydrogens (tertiary/aromatic N) is 4. The van der Waals surface area contributed by atoms with Crippen LogP contribution in [0.15, 0.2) is 18.2 Å². The van der Waals surface area contributed by atoms with Crippen molar-refractivity contribution in [3.63, 3.8) is 0 Å². The van der Waals surface area contributed by atoms with E-state index in [0.29, 0.717) is 40.9 Å². The van der Waals surface area contributed by atoms with E-state index in [0.717, 1.165) is 25.1 Å². The molecule has 0 bridgehead atoms. The molecule has 1 fully saturated rings. The maximum atomic E-state index is 12.1. The first kappa shape index (κ1) is 27.8. The van der Waals surface area contributed by atoms with Gasteiger partial charge in [0.25, 0.3) is 7.36 Å². The summed E-state index contributed by atoms with van der Waals surface area (Å²) in [6.45, 7) is 10.9. The van der Waals surface area contributed by atoms with Crippen LogP contribution in [0.1, 0.15) is 56.1 Å². The summed E-state index contributed by atoms with van der Waals surface area (Å²) in [5, 5.41) is 22.7. The molecule has 1 aliphatic rings. The highest BCUT2D eigenvalue weighted by molar-refractivity contribution is 5.95. The molecular formula is C25H39FN8O. The van der Waals surface area contributed by atoms with Crippen LogP contribution in [0.4, 0.5) is 28.0 Å². The molecule has 192 valence electrons. The summed E-state index contributed by atoms with van der Waals surface area (Å²) in [6, 6.07) is 7.93. The maximum absolute atomic E-state index is 12.1. The second-order valence-electron chi connectivity index (χ2n) is 9.69. The number of carbonyl (C=O) groups excluding carboxylic acids is 1. The van der Waals surface area contributed by atoms with Crippen molar-refractivity contribution in [2.75, 3.05) is 49.3 Å². The van der Waals surface area contributed by atoms with Crippen LogP contribution in [0.25, 0.3) is 0 Å². The van der Waals surface area contributed by atoms with Crippen molar-refractivity contribution in [3.05, 3.63) is 34.9 Å². The standard InChI is InChI=1S/C24H34N8O.CH4.FH/c1-15-7-8-16(22(33)26-5)11-19(15)29-20-18(12-25)21(32(6)14-24(2,3)4)31-23(30-20)28-17-9-10-27-13-17;;/h7-8,11,17,27H,9-10,13-14H2,1-6H3,(H,26,33)(H2,28,29,30,31);1H4;1H/t17-;;/m1../s1/i/hT. The summed E-state index contributed by atoms with van der Waals surface area (Å²) in [4.78, 5) is 23.5. The molecule has 1 saturated heterocycles. The number of carbonyl (C=O) groups is 1. The lowest BCUT2D eigenvalue weighted by molar-refractivity contribution is 0.0963. The van der Waals surface area contributed by atoms with Gasteiger partial charge in [-0.25, -0.2) is 0 Å². The molecule has 1 amide bonds. The molecule has 9 nitrogen and oxygen atoms in total. The number of nitrogens with one attached hydrogen (secondary N) is 4. The summed E-state index contributed by atoms with van der Waals surface area (Å²) in [7, 11) is 3.54. The fraction of sp³-hybridized carbons (Fsp3) is 0.520. The predicted octanol–water partition coefficient (Wildman–Crippen LogP) is 3.80. The first-order valence-electron chi connectivity index (χ1n) is 11.6. The highest BCUT2D eigenvalue weighted by Gasteiger charge is 2.24. The van der Waals surface area contributed by atoms with E-state index in [9.17, 15) is 10.1 Å². The molecule has 3 rings (SSSR count). The molecule has 1 aromatic heterocycles. The maximum Gasteiger partial charge on any atom is 0.269 e. The van der Waals surface area contributed by atoms with Crippen LogP contribution in [-0.2, 0) is 0 Å². The van der Waals surface area contributed by atoms with Gasteiger partial charge in [0.2, 0.25) is 5.95 Å². The first-order chi connectivity index (χ1) is 16.6. The fourth-order valence-corrected chi connectivity index (χ4v) is 3.90. The van der Waals surface area contributed by atoms with Crippen LogP contribution in [0.2, 0.25) is 0 Å². The molecular weight excluding hydrogens is 447 g/mol. The zero-order valence-electron chi connectivity index (χ0n) is 21.7. The molecule has 1 aromatic carbocycles. The number of aromatic nitrogens is 2. The van der Waals surface area contributed by atoms with Gasteiger partial charge in [-0.2, -0.15) is 15.2 Å². The molecule has 2 aromatic rings. The van der Waals surface area contributed by atoms with E-state index in [1.807, 2.05) is 24.9 Å². The van der Waals surface area contributed by atoms with Crippen LogP contribution in [-0.4, -0.2) is 57.1 Å². The minimum atomic E-state index is -0.178. The van der Waals surface area contributed by atoms with Crippen molar-refractivity contribution in [1.29, 1.82) is 6.71 Å². The van der Waals surface area contributed by atoms with Crippen molar-refractivity contribution in [3.8, 4) is 6.07 Å². The minimum Gasteiger partial charge on any atom is -0.358 e. The van der Waals surface area contributed by atoms with E-state index >= 15 is 0 Å². The second-order valence-corrected chi connectivity index (χ2v) is 9.69. The van der Waals surface area contributed by atoms with Crippen LogP contribution < -0.4 is 26.2 Å². The Hall–Kier alpha value is -3.45. The summed E-state index contributed by atoms with van der Waals surface area (Å²) in [5.41, 5.74) is 2.55. The third-order valence-electron chi connectivity index (χ3n) is 5.45. The van der Waals surface area contributed by atoms with E-state index in [1.165, 1.54) is 0 Å². The number of aryl methyl sites for hydroxylation is 1. The lowest BCUT2D eigenvalue weighted by atomic mass is 9.96. The highest BCUT2D eigenvalue weighted by atomic mass is 19.0. The van der Waals surface area contributed by atoms with Gasteiger partial charge in [-0.15, -0.1) is 0 Å². The van der Waals surface area contributed by atoms with Crippen molar-refractivity contribution >= 4 is 29.2 Å². The van der Waals surface area contributed by atoms with Gasteiger partial charge < -0.3 is 26.2 Å². The average molecular weight is 489 g/mol. The third kappa shape index (κ3) is 7.52. The average Bonchev–Trinajstić information content (AvgIpc) is 3.33. The van der Waals surface area contributed by atoms with Gasteiger partial charge in [0, 0.05) is 44.5 Å². The lowest BCUT2D eigenvalue weighted by Gasteiger charge is -2.29. The first-order valence-corrected chi connectivity index (χ1v) is 11.2. The van der Waals surface area contributed by atoms with Crippen molar-refractivity contribution in [2.24, 2.45) is 5.41 Å². The zero-order valence-corrected chi connectivity index (χ0v) is 20.7. The van der Waals surface area contributed by atoms with Gasteiger partial charge in [0.05, 0.1) is 0 Å². The summed E-state index contributed by atoms with van der Waals surface area (Å²) >= 11 is 0. The van der Waals surface area contributed by atoms with Gasteiger partial charge in [-0.3, -0.25) is 9.51 Å². The number of halogens is 1. The van der Waals surface area contributed by atoms with E-state index in [-0.39, 0.29) is 24.8 Å². The smallest absolute Gasteiger partial charge is 0.269 e. The summed E-state index contributed by atoms with van der Waals surface area (Å²) in [6.07, 6.45) is 0.979. The van der Waals surface area contributed by atoms with E-state index in [2.05, 4.69) is 54.5 Å². The zero-order chi connectivity index (χ0) is 26.2. The molecule has 1 atom stereocenters. The van der Waals surface area contributed by atoms with Gasteiger partial charge in [-0.1, -0.05) is 34.3 Å². The summed E-state index contributed by atoms with van der Waals surface area (Å²) < 4.78 is 13.0. The molecule has 0 aliphatic carbocycles. The Kier molecular flexibility index (Phi) is 9.78. The van der Waals surface area contributed by atoms with E-state index < -0.39 is 0 Å². The van der Waals surface area contributed by atoms with Crippen LogP contribution in [0.3, 0.4) is 0 Å². The molecule has 10 heteroatoms. The Bertz CT molecular complexity index is 1060. The Morgan fingerprint density at radius 2 is 2.09 bits per heavy atom. The third-order valence-corrected chi connectivity index (χ3v) is 5.45. The molecule has 2 heterocycles. The van der Waals surface area contributed by atoms with Crippen LogP contribution in [0.5, 0.6) is 0 Å². The topological polar surface area (TPSA) is 118 Å². The Morgan fingerprint density at radius 3 is 2.66 bits per heavy atom. The Balaban J connectivity index is 0.00000211. The Morgan fingerprint density at radius 1 is 1.37 bits per heavy atom. The molecule has 0 radical (unpaired) electrons. The SMILES string of the molecule is C.CNC(=O)c1ccc(C)c(Nc2nc(N[C@@H]3CCNC3)nc(N(C)CC(C)(C)C)c2C#N)c1.[3H]F. The quantitative estimate of drug-likeness (QED) is 0.465. The number of nitriles is 1. The Labute approximate surface area is 209 Å². The molecule has 35 heavy (non-hydrogen) atoms. The van der Waals surface area contributed by atoms with Crippen molar-refractivity contribution in [1.82, 2.24) is 20.6 Å². The number of benzene rings is 1. The van der Waals surface area contributed by atoms with Crippen LogP contribution >= 0.6 is 0 Å². The lowest BCUT2D eigenvalue weighted by Crippen LogP contribution is -2.31. The number of amides is 1. The van der Waals surface area contributed by atoms with Gasteiger partial charge in [0.1, 0.15) is 11.6 Å². The fourth-order valence-electron chi connectivity index (χ4n) is 3.90. The van der Waals surface area contributed by atoms with Crippen molar-refractivity contribution in [2.45, 2.75) is 47.6 Å².